The third-order valence-electron chi connectivity index (χ3n) is 4.10. The first-order valence-corrected chi connectivity index (χ1v) is 7.55. The highest BCUT2D eigenvalue weighted by Gasteiger charge is 2.24. The fourth-order valence-corrected chi connectivity index (χ4v) is 3.02. The van der Waals surface area contributed by atoms with Crippen LogP contribution in [0.3, 0.4) is 0 Å². The van der Waals surface area contributed by atoms with Crippen LogP contribution in [-0.4, -0.2) is 24.6 Å². The molecule has 0 aromatic carbocycles. The van der Waals surface area contributed by atoms with Crippen molar-refractivity contribution in [1.82, 2.24) is 10.3 Å². The topological polar surface area (TPSA) is 28.2 Å². The van der Waals surface area contributed by atoms with Crippen LogP contribution in [-0.2, 0) is 13.0 Å². The summed E-state index contributed by atoms with van der Waals surface area (Å²) in [6, 6.07) is 5.07. The van der Waals surface area contributed by atoms with Crippen LogP contribution in [0.4, 0.5) is 5.82 Å². The second-order valence-electron chi connectivity index (χ2n) is 5.88. The van der Waals surface area contributed by atoms with Crippen molar-refractivity contribution >= 4 is 5.82 Å². The number of aryl methyl sites for hydroxylation is 1. The van der Waals surface area contributed by atoms with E-state index in [0.29, 0.717) is 6.04 Å². The quantitative estimate of drug-likeness (QED) is 0.903. The lowest BCUT2D eigenvalue weighted by atomic mass is 9.93. The fourth-order valence-electron chi connectivity index (χ4n) is 3.02. The number of anilines is 1. The molecule has 1 N–H and O–H groups in total. The largest absolute Gasteiger partial charge is 0.354 e. The summed E-state index contributed by atoms with van der Waals surface area (Å²) in [6.07, 6.45) is 3.56. The average molecular weight is 261 g/mol. The first-order chi connectivity index (χ1) is 9.13. The molecule has 0 aliphatic carbocycles. The number of hydrogen-bond donors (Lipinski definition) is 1. The molecule has 0 spiro atoms. The van der Waals surface area contributed by atoms with Gasteiger partial charge in [-0.05, 0) is 56.8 Å². The molecular formula is C16H27N3. The highest BCUT2D eigenvalue weighted by molar-refractivity contribution is 5.44. The summed E-state index contributed by atoms with van der Waals surface area (Å²) in [4.78, 5) is 7.32. The van der Waals surface area contributed by atoms with Gasteiger partial charge >= 0.3 is 0 Å². The van der Waals surface area contributed by atoms with Crippen LogP contribution in [0.15, 0.2) is 12.1 Å². The Morgan fingerprint density at radius 1 is 1.37 bits per heavy atom. The third kappa shape index (κ3) is 3.47. The fraction of sp³-hybridized carbons (Fsp3) is 0.688. The number of nitrogens with one attached hydrogen (secondary N) is 1. The van der Waals surface area contributed by atoms with Crippen molar-refractivity contribution in [2.45, 2.75) is 52.6 Å². The highest BCUT2D eigenvalue weighted by Crippen LogP contribution is 2.27. The molecule has 106 valence electrons. The van der Waals surface area contributed by atoms with Gasteiger partial charge < -0.3 is 10.2 Å². The van der Waals surface area contributed by atoms with Crippen molar-refractivity contribution in [3.8, 4) is 0 Å². The van der Waals surface area contributed by atoms with Gasteiger partial charge in [0.05, 0.1) is 0 Å². The maximum Gasteiger partial charge on any atom is 0.129 e. The van der Waals surface area contributed by atoms with Crippen LogP contribution in [0.1, 0.15) is 44.9 Å². The zero-order valence-electron chi connectivity index (χ0n) is 12.7. The summed E-state index contributed by atoms with van der Waals surface area (Å²) < 4.78 is 0. The Morgan fingerprint density at radius 3 is 2.79 bits per heavy atom. The summed E-state index contributed by atoms with van der Waals surface area (Å²) in [6.45, 7) is 8.92. The van der Waals surface area contributed by atoms with E-state index >= 15 is 0 Å². The molecule has 2 atom stereocenters. The minimum atomic E-state index is 0.603. The standard InChI is InChI=1S/C16H27N3/c1-5-15-9-14(11-17-4)10-16(18-15)19-7-6-12(2)8-13(19)3/h9-10,12-13,17H,5-8,11H2,1-4H3. The number of rotatable bonds is 4. The Hall–Kier alpha value is -1.09. The van der Waals surface area contributed by atoms with E-state index in [2.05, 4.69) is 43.1 Å². The van der Waals surface area contributed by atoms with Crippen LogP contribution in [0.25, 0.3) is 0 Å². The maximum absolute atomic E-state index is 4.83. The molecule has 0 saturated carbocycles. The van der Waals surface area contributed by atoms with Gasteiger partial charge in [0.25, 0.3) is 0 Å². The summed E-state index contributed by atoms with van der Waals surface area (Å²) in [5.41, 5.74) is 2.55. The van der Waals surface area contributed by atoms with Gasteiger partial charge in [-0.3, -0.25) is 0 Å². The predicted octanol–water partition coefficient (Wildman–Crippen LogP) is 2.99. The molecule has 2 rings (SSSR count). The summed E-state index contributed by atoms with van der Waals surface area (Å²) >= 11 is 0. The van der Waals surface area contributed by atoms with Gasteiger partial charge in [0.15, 0.2) is 0 Å². The average Bonchev–Trinajstić information content (AvgIpc) is 2.38. The van der Waals surface area contributed by atoms with Crippen molar-refractivity contribution < 1.29 is 0 Å². The first-order valence-electron chi connectivity index (χ1n) is 7.55. The Bertz CT molecular complexity index is 416. The molecular weight excluding hydrogens is 234 g/mol. The molecule has 1 aromatic rings. The van der Waals surface area contributed by atoms with Crippen LogP contribution in [0, 0.1) is 5.92 Å². The number of hydrogen-bond acceptors (Lipinski definition) is 3. The molecule has 1 aromatic heterocycles. The third-order valence-corrected chi connectivity index (χ3v) is 4.10. The van der Waals surface area contributed by atoms with Crippen LogP contribution in [0.2, 0.25) is 0 Å². The monoisotopic (exact) mass is 261 g/mol. The van der Waals surface area contributed by atoms with Crippen LogP contribution >= 0.6 is 0 Å². The molecule has 1 saturated heterocycles. The van der Waals surface area contributed by atoms with Crippen molar-refractivity contribution in [2.24, 2.45) is 5.92 Å². The highest BCUT2D eigenvalue weighted by atomic mass is 15.2. The second kappa shape index (κ2) is 6.38. The molecule has 2 heterocycles. The normalized spacial score (nSPS) is 23.7. The van der Waals surface area contributed by atoms with E-state index in [0.717, 1.165) is 25.4 Å². The van der Waals surface area contributed by atoms with Crippen molar-refractivity contribution in [2.75, 3.05) is 18.5 Å². The lowest BCUT2D eigenvalue weighted by molar-refractivity contribution is 0.376. The lowest BCUT2D eigenvalue weighted by Crippen LogP contribution is -2.40. The molecule has 0 bridgehead atoms. The van der Waals surface area contributed by atoms with Gasteiger partial charge in [-0.2, -0.15) is 0 Å². The molecule has 19 heavy (non-hydrogen) atoms. The minimum Gasteiger partial charge on any atom is -0.354 e. The van der Waals surface area contributed by atoms with E-state index in [-0.39, 0.29) is 0 Å². The van der Waals surface area contributed by atoms with Crippen molar-refractivity contribution in [3.05, 3.63) is 23.4 Å². The van der Waals surface area contributed by atoms with Crippen LogP contribution in [0.5, 0.6) is 0 Å². The van der Waals surface area contributed by atoms with E-state index in [1.54, 1.807) is 0 Å². The summed E-state index contributed by atoms with van der Waals surface area (Å²) in [7, 11) is 2.00. The van der Waals surface area contributed by atoms with Gasteiger partial charge in [0.2, 0.25) is 0 Å². The second-order valence-corrected chi connectivity index (χ2v) is 5.88. The van der Waals surface area contributed by atoms with Crippen LogP contribution < -0.4 is 10.2 Å². The van der Waals surface area contributed by atoms with E-state index in [9.17, 15) is 0 Å². The molecule has 1 aliphatic rings. The number of aromatic nitrogens is 1. The molecule has 1 aliphatic heterocycles. The number of pyridine rings is 1. The van der Waals surface area contributed by atoms with E-state index in [1.807, 2.05) is 7.05 Å². The minimum absolute atomic E-state index is 0.603. The zero-order chi connectivity index (χ0) is 13.8. The first kappa shape index (κ1) is 14.3. The van der Waals surface area contributed by atoms with E-state index in [1.165, 1.54) is 29.9 Å². The van der Waals surface area contributed by atoms with Gasteiger partial charge in [0, 0.05) is 24.8 Å². The van der Waals surface area contributed by atoms with Gasteiger partial charge in [-0.15, -0.1) is 0 Å². The molecule has 3 nitrogen and oxygen atoms in total. The molecule has 3 heteroatoms. The van der Waals surface area contributed by atoms with Gasteiger partial charge in [0.1, 0.15) is 5.82 Å². The molecule has 0 amide bonds. The number of nitrogens with zero attached hydrogens (tertiary/aromatic N) is 2. The molecule has 2 unspecified atom stereocenters. The summed E-state index contributed by atoms with van der Waals surface area (Å²) in [5, 5.41) is 3.24. The SMILES string of the molecule is CCc1cc(CNC)cc(N2CCC(C)CC2C)n1. The Morgan fingerprint density at radius 2 is 2.16 bits per heavy atom. The van der Waals surface area contributed by atoms with E-state index in [4.69, 9.17) is 4.98 Å². The predicted molar refractivity (Wildman–Crippen MR) is 81.6 cm³/mol. The van der Waals surface area contributed by atoms with E-state index < -0.39 is 0 Å². The molecule has 1 fully saturated rings. The number of piperidine rings is 1. The summed E-state index contributed by atoms with van der Waals surface area (Å²) in [5.74, 6) is 2.02. The molecule has 0 radical (unpaired) electrons. The Balaban J connectivity index is 2.25. The lowest BCUT2D eigenvalue weighted by Gasteiger charge is -2.37. The van der Waals surface area contributed by atoms with Gasteiger partial charge in [-0.25, -0.2) is 4.98 Å². The smallest absolute Gasteiger partial charge is 0.129 e. The Labute approximate surface area is 117 Å². The Kier molecular flexibility index (Phi) is 4.81. The van der Waals surface area contributed by atoms with Crippen molar-refractivity contribution in [3.63, 3.8) is 0 Å². The maximum atomic E-state index is 4.83. The van der Waals surface area contributed by atoms with Crippen molar-refractivity contribution in [1.29, 1.82) is 0 Å². The van der Waals surface area contributed by atoms with Gasteiger partial charge in [-0.1, -0.05) is 13.8 Å². The zero-order valence-corrected chi connectivity index (χ0v) is 12.7.